The summed E-state index contributed by atoms with van der Waals surface area (Å²) in [4.78, 5) is 0. The highest BCUT2D eigenvalue weighted by Gasteiger charge is 2.46. The van der Waals surface area contributed by atoms with Crippen LogP contribution >= 0.6 is 0 Å². The fourth-order valence-corrected chi connectivity index (χ4v) is 12.0. The summed E-state index contributed by atoms with van der Waals surface area (Å²) in [5.41, 5.74) is 6.68. The first-order valence-corrected chi connectivity index (χ1v) is 24.6. The molecule has 0 N–H and O–H groups in total. The molecule has 0 radical (unpaired) electrons. The molecule has 0 saturated heterocycles. The zero-order valence-electron chi connectivity index (χ0n) is 40.3. The molecule has 0 saturated carbocycles. The maximum absolute atomic E-state index is 14.2. The zero-order valence-corrected chi connectivity index (χ0v) is 40.3. The molecule has 0 aromatic heterocycles. The highest BCUT2D eigenvalue weighted by atomic mass is 19.4. The highest BCUT2D eigenvalue weighted by molar-refractivity contribution is 6.31. The lowest BCUT2D eigenvalue weighted by Gasteiger charge is -2.20. The number of hydrogen-bond acceptors (Lipinski definition) is 3. The minimum absolute atomic E-state index is 0.000648. The normalized spacial score (nSPS) is 15.8. The first-order valence-electron chi connectivity index (χ1n) is 24.6. The molecule has 0 spiro atoms. The molecule has 0 amide bonds. The summed E-state index contributed by atoms with van der Waals surface area (Å²) in [5.74, 6) is 0. The van der Waals surface area contributed by atoms with E-state index in [0.717, 1.165) is 69.1 Å². The van der Waals surface area contributed by atoms with Crippen LogP contribution in [0.15, 0.2) is 164 Å². The maximum atomic E-state index is 14.2. The number of rotatable bonds is 3. The van der Waals surface area contributed by atoms with Crippen molar-refractivity contribution in [1.29, 1.82) is 15.8 Å². The Kier molecular flexibility index (Phi) is 10.6. The number of alkyl halides is 9. The van der Waals surface area contributed by atoms with Crippen LogP contribution in [0.1, 0.15) is 84.3 Å². The predicted octanol–water partition coefficient (Wildman–Crippen LogP) is 18.4. The topological polar surface area (TPSA) is 71.4 Å². The van der Waals surface area contributed by atoms with Gasteiger partial charge in [0.2, 0.25) is 0 Å². The standard InChI is InChI=1S/C66H32F9N3/c67-64(68,69)43-19-13-34(14-20-43)52(31-76)55-46-25-37-7-1-4-10-40(37)28-49(46)58-61(55)59-50-29-41-11-5-2-8-38(41)26-47(50)57(54(33-78)36-17-23-45(24-18-36)66(73,74)75)63(59)60-51-30-42-12-6-3-9-39(42)27-48(51)56(62(58)60)53(32-77)35-15-21-44(22-16-35)65(70,71)72/h1-5,7-11,13-30H,6,12H2/b55-52+,56-53+,57-54+. The Balaban J connectivity index is 1.29. The van der Waals surface area contributed by atoms with Gasteiger partial charge in [0, 0.05) is 33.4 Å². The van der Waals surface area contributed by atoms with E-state index in [0.29, 0.717) is 96.3 Å². The Bertz CT molecular complexity index is 4430. The minimum Gasteiger partial charge on any atom is -0.192 e. The molecule has 0 aliphatic heterocycles. The molecule has 0 atom stereocenters. The van der Waals surface area contributed by atoms with Gasteiger partial charge in [0.15, 0.2) is 0 Å². The Morgan fingerprint density at radius 1 is 0.359 bits per heavy atom. The number of nitriles is 3. The molecule has 4 aliphatic carbocycles. The number of fused-ring (bicyclic) bond motifs is 15. The van der Waals surface area contributed by atoms with E-state index in [-0.39, 0.29) is 33.4 Å². The Labute approximate surface area is 439 Å². The summed E-state index contributed by atoms with van der Waals surface area (Å²) in [6.45, 7) is 0. The van der Waals surface area contributed by atoms with E-state index in [9.17, 15) is 55.3 Å². The van der Waals surface area contributed by atoms with Crippen LogP contribution in [0.2, 0.25) is 0 Å². The van der Waals surface area contributed by atoms with Gasteiger partial charge in [0.1, 0.15) is 18.2 Å². The average Bonchev–Trinajstić information content (AvgIpc) is 3.93. The van der Waals surface area contributed by atoms with E-state index in [1.165, 1.54) is 36.4 Å². The molecule has 13 rings (SSSR count). The van der Waals surface area contributed by atoms with E-state index >= 15 is 0 Å². The molecule has 9 aromatic carbocycles. The Hall–Kier alpha value is -9.70. The summed E-state index contributed by atoms with van der Waals surface area (Å²) < 4.78 is 128. The van der Waals surface area contributed by atoms with Gasteiger partial charge in [0.25, 0.3) is 0 Å². The second-order valence-electron chi connectivity index (χ2n) is 19.6. The molecule has 12 heteroatoms. The van der Waals surface area contributed by atoms with E-state index in [1.807, 2.05) is 97.1 Å². The van der Waals surface area contributed by atoms with E-state index in [1.54, 1.807) is 0 Å². The fourth-order valence-electron chi connectivity index (χ4n) is 12.0. The quantitative estimate of drug-likeness (QED) is 0.131. The number of hydrogen-bond donors (Lipinski definition) is 0. The molecule has 0 heterocycles. The predicted molar refractivity (Wildman–Crippen MR) is 284 cm³/mol. The largest absolute Gasteiger partial charge is 0.416 e. The van der Waals surface area contributed by atoms with E-state index in [2.05, 4.69) is 18.2 Å². The third-order valence-corrected chi connectivity index (χ3v) is 15.4. The molecule has 374 valence electrons. The SMILES string of the molecule is N#C/C(=C1/c2cc3ccccc3cc2-c2c1c1c(c3c2/C(=C(\C#N)c2ccc(C(F)(F)F)cc2)c2cc4ccccc4cc2-3)/C(=C(\C#N)c2ccc(C(F)(F)F)cc2)c2cc3c(cc2-1)CCC=C3)c1ccc(C(F)(F)F)cc1. The van der Waals surface area contributed by atoms with Crippen molar-refractivity contribution in [2.75, 3.05) is 0 Å². The van der Waals surface area contributed by atoms with Crippen LogP contribution in [0, 0.1) is 34.0 Å². The van der Waals surface area contributed by atoms with Crippen molar-refractivity contribution in [1.82, 2.24) is 0 Å². The van der Waals surface area contributed by atoms with Crippen LogP contribution in [-0.2, 0) is 24.9 Å². The second-order valence-corrected chi connectivity index (χ2v) is 19.6. The van der Waals surface area contributed by atoms with Crippen LogP contribution in [0.4, 0.5) is 39.5 Å². The summed E-state index contributed by atoms with van der Waals surface area (Å²) in [7, 11) is 0. The Morgan fingerprint density at radius 3 is 0.987 bits per heavy atom. The van der Waals surface area contributed by atoms with Gasteiger partial charge in [-0.15, -0.1) is 0 Å². The van der Waals surface area contributed by atoms with Crippen LogP contribution in [0.25, 0.3) is 94.4 Å². The van der Waals surface area contributed by atoms with Crippen LogP contribution in [0.3, 0.4) is 0 Å². The minimum atomic E-state index is -4.70. The summed E-state index contributed by atoms with van der Waals surface area (Å²) in [6, 6.07) is 46.7. The van der Waals surface area contributed by atoms with E-state index < -0.39 is 35.2 Å². The number of nitrogens with zero attached hydrogens (tertiary/aromatic N) is 3. The second kappa shape index (κ2) is 17.2. The van der Waals surface area contributed by atoms with Crippen LogP contribution in [0.5, 0.6) is 0 Å². The van der Waals surface area contributed by atoms with Crippen molar-refractivity contribution in [3.8, 4) is 51.6 Å². The molecule has 0 bridgehead atoms. The van der Waals surface area contributed by atoms with Crippen molar-refractivity contribution in [3.05, 3.63) is 242 Å². The number of aryl methyl sites for hydroxylation is 1. The molecule has 0 unspecified atom stereocenters. The maximum Gasteiger partial charge on any atom is 0.416 e. The Morgan fingerprint density at radius 2 is 0.667 bits per heavy atom. The summed E-state index contributed by atoms with van der Waals surface area (Å²) in [5, 5.41) is 37.8. The zero-order chi connectivity index (χ0) is 54.2. The van der Waals surface area contributed by atoms with Gasteiger partial charge >= 0.3 is 18.5 Å². The number of allylic oxidation sites excluding steroid dienone is 4. The highest BCUT2D eigenvalue weighted by Crippen LogP contribution is 2.67. The lowest BCUT2D eigenvalue weighted by Crippen LogP contribution is -2.05. The molecular formula is C66H32F9N3. The lowest BCUT2D eigenvalue weighted by molar-refractivity contribution is -0.138. The van der Waals surface area contributed by atoms with Crippen LogP contribution in [-0.4, -0.2) is 0 Å². The summed E-state index contributed by atoms with van der Waals surface area (Å²) >= 11 is 0. The van der Waals surface area contributed by atoms with Crippen molar-refractivity contribution in [3.63, 3.8) is 0 Å². The third kappa shape index (κ3) is 7.26. The lowest BCUT2D eigenvalue weighted by atomic mass is 9.81. The smallest absolute Gasteiger partial charge is 0.192 e. The molecule has 3 nitrogen and oxygen atoms in total. The molecule has 4 aliphatic rings. The van der Waals surface area contributed by atoms with Crippen molar-refractivity contribution < 1.29 is 39.5 Å². The van der Waals surface area contributed by atoms with Gasteiger partial charge in [-0.3, -0.25) is 0 Å². The molecular weight excluding hydrogens is 1010 g/mol. The van der Waals surface area contributed by atoms with Gasteiger partial charge in [0.05, 0.1) is 33.4 Å². The number of benzene rings is 9. The third-order valence-electron chi connectivity index (χ3n) is 15.4. The average molecular weight is 1040 g/mol. The van der Waals surface area contributed by atoms with Gasteiger partial charge < -0.3 is 0 Å². The van der Waals surface area contributed by atoms with Crippen molar-refractivity contribution >= 4 is 61.1 Å². The summed E-state index contributed by atoms with van der Waals surface area (Å²) in [6.07, 6.45) is -8.80. The molecule has 9 aromatic rings. The van der Waals surface area contributed by atoms with Gasteiger partial charge in [-0.25, -0.2) is 0 Å². The fraction of sp³-hybridized carbons (Fsp3) is 0.0758. The number of halogens is 9. The molecule has 0 fully saturated rings. The molecule has 78 heavy (non-hydrogen) atoms. The van der Waals surface area contributed by atoms with Crippen molar-refractivity contribution in [2.45, 2.75) is 31.4 Å². The van der Waals surface area contributed by atoms with Gasteiger partial charge in [-0.1, -0.05) is 97.1 Å². The van der Waals surface area contributed by atoms with Crippen LogP contribution < -0.4 is 0 Å². The van der Waals surface area contributed by atoms with E-state index in [4.69, 9.17) is 0 Å². The van der Waals surface area contributed by atoms with Crippen molar-refractivity contribution in [2.24, 2.45) is 0 Å². The first-order chi connectivity index (χ1) is 37.5. The van der Waals surface area contributed by atoms with Gasteiger partial charge in [-0.05, 0) is 185 Å². The van der Waals surface area contributed by atoms with Gasteiger partial charge in [-0.2, -0.15) is 55.3 Å². The first kappa shape index (κ1) is 48.0. The monoisotopic (exact) mass is 1040 g/mol.